The van der Waals surface area contributed by atoms with Crippen molar-refractivity contribution in [3.05, 3.63) is 47.1 Å². The summed E-state index contributed by atoms with van der Waals surface area (Å²) in [5.41, 5.74) is 3.48. The first-order valence-electron chi connectivity index (χ1n) is 12.8. The Morgan fingerprint density at radius 1 is 1.11 bits per heavy atom. The standard InChI is InChI=1S/C27H33ClN6O2/c1-18-15-30-34-25(14-24(31-26(18)34)22-7-3-4-8-23(22)28)29-16-20-6-5-11-33(17-20)27(36)21-9-12-32(13-10-21)19(2)35/h3-4,7-8,14-15,20-21,29H,5-6,9-13,16-17H2,1-2H3. The number of halogens is 1. The van der Waals surface area contributed by atoms with Crippen LogP contribution in [0.2, 0.25) is 5.02 Å². The van der Waals surface area contributed by atoms with E-state index >= 15 is 0 Å². The Labute approximate surface area is 216 Å². The summed E-state index contributed by atoms with van der Waals surface area (Å²) in [6.45, 7) is 7.27. The van der Waals surface area contributed by atoms with Crippen molar-refractivity contribution in [3.63, 3.8) is 0 Å². The van der Waals surface area contributed by atoms with Crippen LogP contribution in [0.4, 0.5) is 5.82 Å². The second-order valence-corrected chi connectivity index (χ2v) is 10.4. The lowest BCUT2D eigenvalue weighted by Crippen LogP contribution is -2.47. The second-order valence-electron chi connectivity index (χ2n) is 10.0. The van der Waals surface area contributed by atoms with Crippen LogP contribution in [0, 0.1) is 18.8 Å². The fraction of sp³-hybridized carbons (Fsp3) is 0.481. The third-order valence-electron chi connectivity index (χ3n) is 7.49. The molecule has 2 aromatic heterocycles. The van der Waals surface area contributed by atoms with Crippen LogP contribution in [0.15, 0.2) is 36.5 Å². The van der Waals surface area contributed by atoms with Gasteiger partial charge in [-0.25, -0.2) is 4.98 Å². The van der Waals surface area contributed by atoms with E-state index in [0.717, 1.165) is 73.6 Å². The maximum absolute atomic E-state index is 13.2. The average Bonchev–Trinajstić information content (AvgIpc) is 3.28. The van der Waals surface area contributed by atoms with Gasteiger partial charge < -0.3 is 15.1 Å². The minimum atomic E-state index is 0.0253. The van der Waals surface area contributed by atoms with E-state index in [1.807, 2.05) is 57.8 Å². The number of anilines is 1. The Balaban J connectivity index is 1.27. The predicted molar refractivity (Wildman–Crippen MR) is 141 cm³/mol. The fourth-order valence-corrected chi connectivity index (χ4v) is 5.62. The lowest BCUT2D eigenvalue weighted by atomic mass is 9.92. The Morgan fingerprint density at radius 2 is 1.89 bits per heavy atom. The molecule has 1 unspecified atom stereocenters. The number of hydrogen-bond donors (Lipinski definition) is 1. The van der Waals surface area contributed by atoms with Crippen LogP contribution in [0.1, 0.15) is 38.2 Å². The fourth-order valence-electron chi connectivity index (χ4n) is 5.39. The highest BCUT2D eigenvalue weighted by molar-refractivity contribution is 6.33. The van der Waals surface area contributed by atoms with E-state index in [-0.39, 0.29) is 17.7 Å². The van der Waals surface area contributed by atoms with Gasteiger partial charge in [0.25, 0.3) is 0 Å². The monoisotopic (exact) mass is 508 g/mol. The molecule has 8 nitrogen and oxygen atoms in total. The number of fused-ring (bicyclic) bond motifs is 1. The van der Waals surface area contributed by atoms with Crippen LogP contribution in [0.25, 0.3) is 16.9 Å². The zero-order valence-electron chi connectivity index (χ0n) is 20.9. The Morgan fingerprint density at radius 3 is 2.64 bits per heavy atom. The molecule has 3 aromatic rings. The van der Waals surface area contributed by atoms with E-state index in [1.165, 1.54) is 0 Å². The Hall–Kier alpha value is -3.13. The second kappa shape index (κ2) is 10.5. The average molecular weight is 509 g/mol. The SMILES string of the molecule is CC(=O)N1CCC(C(=O)N2CCCC(CNc3cc(-c4ccccc4Cl)nc4c(C)cnn34)C2)CC1. The molecule has 0 bridgehead atoms. The van der Waals surface area contributed by atoms with Crippen LogP contribution in [0.5, 0.6) is 0 Å². The van der Waals surface area contributed by atoms with Crippen LogP contribution in [-0.4, -0.2) is 68.9 Å². The number of carbonyl (C=O) groups excluding carboxylic acids is 2. The topological polar surface area (TPSA) is 82.8 Å². The van der Waals surface area contributed by atoms with E-state index in [1.54, 1.807) is 6.92 Å². The normalized spacial score (nSPS) is 19.0. The molecular weight excluding hydrogens is 476 g/mol. The third kappa shape index (κ3) is 5.05. The number of rotatable bonds is 5. The Bertz CT molecular complexity index is 1270. The number of piperidine rings is 2. The van der Waals surface area contributed by atoms with Gasteiger partial charge in [0, 0.05) is 67.8 Å². The summed E-state index contributed by atoms with van der Waals surface area (Å²) in [5.74, 6) is 1.59. The van der Waals surface area contributed by atoms with Crippen LogP contribution in [0.3, 0.4) is 0 Å². The minimum absolute atomic E-state index is 0.0253. The largest absolute Gasteiger partial charge is 0.370 e. The number of benzene rings is 1. The highest BCUT2D eigenvalue weighted by Crippen LogP contribution is 2.30. The molecule has 2 saturated heterocycles. The molecular formula is C27H33ClN6O2. The number of nitrogens with zero attached hydrogens (tertiary/aromatic N) is 5. The molecule has 2 aliphatic rings. The van der Waals surface area contributed by atoms with Crippen molar-refractivity contribution in [2.45, 2.75) is 39.5 Å². The molecule has 2 fully saturated rings. The van der Waals surface area contributed by atoms with E-state index in [4.69, 9.17) is 16.6 Å². The molecule has 0 spiro atoms. The summed E-state index contributed by atoms with van der Waals surface area (Å²) in [6, 6.07) is 9.71. The van der Waals surface area contributed by atoms with Crippen molar-refractivity contribution >= 4 is 34.9 Å². The lowest BCUT2D eigenvalue weighted by molar-refractivity contribution is -0.141. The van der Waals surface area contributed by atoms with Crippen molar-refractivity contribution < 1.29 is 9.59 Å². The number of amides is 2. The number of carbonyl (C=O) groups is 2. The summed E-state index contributed by atoms with van der Waals surface area (Å²) >= 11 is 6.47. The molecule has 9 heteroatoms. The van der Waals surface area contributed by atoms with Crippen molar-refractivity contribution in [2.75, 3.05) is 38.0 Å². The van der Waals surface area contributed by atoms with Gasteiger partial charge in [-0.1, -0.05) is 29.8 Å². The molecule has 5 rings (SSSR count). The first-order valence-corrected chi connectivity index (χ1v) is 13.2. The van der Waals surface area contributed by atoms with Gasteiger partial charge >= 0.3 is 0 Å². The Kier molecular flexibility index (Phi) is 7.14. The summed E-state index contributed by atoms with van der Waals surface area (Å²) in [6.07, 6.45) is 5.42. The summed E-state index contributed by atoms with van der Waals surface area (Å²) in [7, 11) is 0. The van der Waals surface area contributed by atoms with Crippen LogP contribution >= 0.6 is 11.6 Å². The number of likely N-dealkylation sites (tertiary alicyclic amines) is 2. The number of nitrogens with one attached hydrogen (secondary N) is 1. The van der Waals surface area contributed by atoms with E-state index in [2.05, 4.69) is 10.4 Å². The van der Waals surface area contributed by atoms with Gasteiger partial charge in [0.1, 0.15) is 5.82 Å². The van der Waals surface area contributed by atoms with Crippen molar-refractivity contribution in [1.82, 2.24) is 24.4 Å². The van der Waals surface area contributed by atoms with Gasteiger partial charge in [0.05, 0.1) is 11.9 Å². The summed E-state index contributed by atoms with van der Waals surface area (Å²) in [5, 5.41) is 8.78. The van der Waals surface area contributed by atoms with Gasteiger partial charge in [-0.15, -0.1) is 0 Å². The molecule has 36 heavy (non-hydrogen) atoms. The summed E-state index contributed by atoms with van der Waals surface area (Å²) in [4.78, 5) is 33.6. The van der Waals surface area contributed by atoms with Gasteiger partial charge in [-0.05, 0) is 44.6 Å². The van der Waals surface area contributed by atoms with Gasteiger partial charge in [0.15, 0.2) is 5.65 Å². The highest BCUT2D eigenvalue weighted by Gasteiger charge is 2.32. The number of aryl methyl sites for hydroxylation is 1. The molecule has 1 aromatic carbocycles. The first kappa shape index (κ1) is 24.6. The molecule has 0 aliphatic carbocycles. The molecule has 4 heterocycles. The van der Waals surface area contributed by atoms with Crippen LogP contribution < -0.4 is 5.32 Å². The molecule has 1 N–H and O–H groups in total. The van der Waals surface area contributed by atoms with Crippen molar-refractivity contribution in [2.24, 2.45) is 11.8 Å². The molecule has 2 aliphatic heterocycles. The third-order valence-corrected chi connectivity index (χ3v) is 7.82. The highest BCUT2D eigenvalue weighted by atomic mass is 35.5. The maximum Gasteiger partial charge on any atom is 0.225 e. The van der Waals surface area contributed by atoms with Crippen LogP contribution in [-0.2, 0) is 9.59 Å². The molecule has 0 saturated carbocycles. The predicted octanol–water partition coefficient (Wildman–Crippen LogP) is 4.27. The number of hydrogen-bond acceptors (Lipinski definition) is 5. The van der Waals surface area contributed by atoms with E-state index < -0.39 is 0 Å². The van der Waals surface area contributed by atoms with E-state index in [0.29, 0.717) is 24.0 Å². The van der Waals surface area contributed by atoms with Gasteiger partial charge in [0.2, 0.25) is 11.8 Å². The smallest absolute Gasteiger partial charge is 0.225 e. The summed E-state index contributed by atoms with van der Waals surface area (Å²) < 4.78 is 1.84. The quantitative estimate of drug-likeness (QED) is 0.556. The molecule has 190 valence electrons. The van der Waals surface area contributed by atoms with Gasteiger partial charge in [-0.2, -0.15) is 9.61 Å². The molecule has 0 radical (unpaired) electrons. The van der Waals surface area contributed by atoms with Gasteiger partial charge in [-0.3, -0.25) is 9.59 Å². The maximum atomic E-state index is 13.2. The minimum Gasteiger partial charge on any atom is -0.370 e. The molecule has 1 atom stereocenters. The first-order chi connectivity index (χ1) is 17.4. The lowest BCUT2D eigenvalue weighted by Gasteiger charge is -2.37. The zero-order valence-corrected chi connectivity index (χ0v) is 21.7. The number of aromatic nitrogens is 3. The zero-order chi connectivity index (χ0) is 25.2. The van der Waals surface area contributed by atoms with Crippen molar-refractivity contribution in [3.8, 4) is 11.3 Å². The van der Waals surface area contributed by atoms with E-state index in [9.17, 15) is 9.59 Å². The molecule has 2 amide bonds. The van der Waals surface area contributed by atoms with Crippen molar-refractivity contribution in [1.29, 1.82) is 0 Å².